The Labute approximate surface area is 225 Å². The summed E-state index contributed by atoms with van der Waals surface area (Å²) >= 11 is 6.13. The van der Waals surface area contributed by atoms with Crippen LogP contribution in [0.15, 0.2) is 30.9 Å². The Kier molecular flexibility index (Phi) is 7.43. The topological polar surface area (TPSA) is 142 Å². The van der Waals surface area contributed by atoms with Gasteiger partial charge in [0.05, 0.1) is 6.33 Å². The molecule has 0 aliphatic carbocycles. The molecule has 4 N–H and O–H groups in total. The van der Waals surface area contributed by atoms with Crippen molar-refractivity contribution in [1.29, 1.82) is 0 Å². The molecule has 2 aromatic heterocycles. The highest BCUT2D eigenvalue weighted by Gasteiger charge is 2.56. The van der Waals surface area contributed by atoms with E-state index in [0.717, 1.165) is 18.5 Å². The molecule has 0 saturated carbocycles. The van der Waals surface area contributed by atoms with Gasteiger partial charge in [0, 0.05) is 23.8 Å². The van der Waals surface area contributed by atoms with Crippen molar-refractivity contribution in [2.45, 2.75) is 57.5 Å². The Morgan fingerprint density at radius 1 is 1.24 bits per heavy atom. The summed E-state index contributed by atoms with van der Waals surface area (Å²) in [4.78, 5) is 27.1. The number of urea groups is 1. The molecule has 3 aromatic rings. The third-order valence-corrected chi connectivity index (χ3v) is 7.12. The van der Waals surface area contributed by atoms with Crippen molar-refractivity contribution < 1.29 is 19.0 Å². The molecule has 12 nitrogen and oxygen atoms in total. The number of carbonyl (C=O) groups is 1. The normalized spacial score (nSPS) is 24.2. The van der Waals surface area contributed by atoms with Crippen LogP contribution < -0.4 is 16.4 Å². The van der Waals surface area contributed by atoms with E-state index < -0.39 is 12.0 Å². The summed E-state index contributed by atoms with van der Waals surface area (Å²) in [6.45, 7) is 7.60. The first kappa shape index (κ1) is 26.6. The Hall–Kier alpha value is -3.03. The van der Waals surface area contributed by atoms with E-state index in [2.05, 4.69) is 30.5 Å². The monoisotopic (exact) mass is 544 g/mol. The molecular formula is C25H33ClN8O4. The Morgan fingerprint density at radius 2 is 2.03 bits per heavy atom. The lowest BCUT2D eigenvalue weighted by Gasteiger charge is -2.27. The highest BCUT2D eigenvalue weighted by Crippen LogP contribution is 2.44. The summed E-state index contributed by atoms with van der Waals surface area (Å²) in [5.41, 5.74) is 8.69. The number of nitrogens with zero attached hydrogens (tertiary/aromatic N) is 5. The quantitative estimate of drug-likeness (QED) is 0.365. The van der Waals surface area contributed by atoms with E-state index in [1.165, 1.54) is 6.33 Å². The van der Waals surface area contributed by atoms with E-state index in [4.69, 9.17) is 31.5 Å². The summed E-state index contributed by atoms with van der Waals surface area (Å²) in [5.74, 6) is -0.425. The first-order valence-electron chi connectivity index (χ1n) is 12.5. The van der Waals surface area contributed by atoms with Crippen molar-refractivity contribution in [2.24, 2.45) is 0 Å². The number of hydrogen-bond donors (Lipinski definition) is 3. The molecule has 2 aliphatic heterocycles. The number of ether oxygens (including phenoxy) is 3. The van der Waals surface area contributed by atoms with E-state index >= 15 is 0 Å². The molecular weight excluding hydrogens is 512 g/mol. The number of aromatic nitrogens is 4. The predicted molar refractivity (Wildman–Crippen MR) is 143 cm³/mol. The minimum Gasteiger partial charge on any atom is -0.382 e. The summed E-state index contributed by atoms with van der Waals surface area (Å²) < 4.78 is 20.8. The summed E-state index contributed by atoms with van der Waals surface area (Å²) in [6.07, 6.45) is 2.51. The number of imidazole rings is 1. The number of likely N-dealkylation sites (N-methyl/N-ethyl adjacent to an activating group) is 1. The van der Waals surface area contributed by atoms with Crippen LogP contribution in [0.4, 0.5) is 16.3 Å². The Balaban J connectivity index is 1.15. The summed E-state index contributed by atoms with van der Waals surface area (Å²) in [5, 5.41) is 6.29. The van der Waals surface area contributed by atoms with Crippen LogP contribution in [0.1, 0.15) is 32.1 Å². The lowest BCUT2D eigenvalue weighted by molar-refractivity contribution is -0.197. The molecule has 13 heteroatoms. The van der Waals surface area contributed by atoms with Crippen LogP contribution in [0.25, 0.3) is 11.2 Å². The van der Waals surface area contributed by atoms with Crippen molar-refractivity contribution in [3.05, 3.63) is 41.4 Å². The van der Waals surface area contributed by atoms with Crippen molar-refractivity contribution in [3.8, 4) is 0 Å². The standard InChI is InChI=1S/C25H33ClN8O4/c1-14-6-7-15(10-16(14)26)32-24(35)28-8-5-9-33(4)11-17-19-20(38-25(2,3)37-19)23(36-17)34-13-31-18-21(27)29-12-30-22(18)34/h6-7,10,12-13,17,19-20,23H,5,8-9,11H2,1-4H3,(H2,27,29,30)(H2,28,32,35)/t17-,19-,20-,23-/m1/s1. The third kappa shape index (κ3) is 5.54. The molecule has 2 saturated heterocycles. The second kappa shape index (κ2) is 10.6. The van der Waals surface area contributed by atoms with Gasteiger partial charge in [0.1, 0.15) is 30.2 Å². The fraction of sp³-hybridized carbons (Fsp3) is 0.520. The number of anilines is 2. The number of rotatable bonds is 8. The molecule has 0 bridgehead atoms. The first-order chi connectivity index (χ1) is 18.1. The Morgan fingerprint density at radius 3 is 2.82 bits per heavy atom. The molecule has 38 heavy (non-hydrogen) atoms. The number of fused-ring (bicyclic) bond motifs is 2. The van der Waals surface area contributed by atoms with Crippen molar-refractivity contribution in [1.82, 2.24) is 29.7 Å². The van der Waals surface area contributed by atoms with Crippen molar-refractivity contribution in [2.75, 3.05) is 37.7 Å². The van der Waals surface area contributed by atoms with Crippen molar-refractivity contribution in [3.63, 3.8) is 0 Å². The molecule has 5 rings (SSSR count). The molecule has 2 amide bonds. The minimum atomic E-state index is -0.739. The molecule has 4 atom stereocenters. The van der Waals surface area contributed by atoms with E-state index in [9.17, 15) is 4.79 Å². The van der Waals surface area contributed by atoms with Crippen LogP contribution >= 0.6 is 11.6 Å². The molecule has 1 aromatic carbocycles. The highest BCUT2D eigenvalue weighted by atomic mass is 35.5. The number of carbonyl (C=O) groups excluding carboxylic acids is 1. The second-order valence-electron chi connectivity index (χ2n) is 10.2. The molecule has 0 radical (unpaired) electrons. The molecule has 0 spiro atoms. The average Bonchev–Trinajstić information content (AvgIpc) is 3.51. The van der Waals surface area contributed by atoms with E-state index in [1.807, 2.05) is 44.5 Å². The van der Waals surface area contributed by atoms with Crippen LogP contribution in [0.5, 0.6) is 0 Å². The fourth-order valence-corrected chi connectivity index (χ4v) is 5.06. The zero-order valence-corrected chi connectivity index (χ0v) is 22.6. The number of halogens is 1. The van der Waals surface area contributed by atoms with Crippen LogP contribution in [-0.2, 0) is 14.2 Å². The summed E-state index contributed by atoms with van der Waals surface area (Å²) in [7, 11) is 2.02. The SMILES string of the molecule is Cc1ccc(NC(=O)NCCCN(C)C[C@H]2O[C@@H](n3cnc4c(N)ncnc43)[C@@H]3OC(C)(C)O[C@@H]32)cc1Cl. The van der Waals surface area contributed by atoms with Gasteiger partial charge in [-0.1, -0.05) is 17.7 Å². The molecule has 4 heterocycles. The predicted octanol–water partition coefficient (Wildman–Crippen LogP) is 2.93. The van der Waals surface area contributed by atoms with Crippen molar-refractivity contribution >= 4 is 40.3 Å². The smallest absolute Gasteiger partial charge is 0.319 e. The number of hydrogen-bond acceptors (Lipinski definition) is 9. The van der Waals surface area contributed by atoms with E-state index in [-0.39, 0.29) is 24.3 Å². The van der Waals surface area contributed by atoms with Gasteiger partial charge in [0.15, 0.2) is 23.5 Å². The van der Waals surface area contributed by atoms with Crippen LogP contribution in [0.3, 0.4) is 0 Å². The molecule has 2 fully saturated rings. The number of amides is 2. The highest BCUT2D eigenvalue weighted by molar-refractivity contribution is 6.31. The van der Waals surface area contributed by atoms with Crippen LogP contribution in [-0.4, -0.2) is 81.2 Å². The zero-order chi connectivity index (χ0) is 27.0. The number of nitrogen functional groups attached to an aromatic ring is 1. The van der Waals surface area contributed by atoms with Gasteiger partial charge in [-0.3, -0.25) is 4.57 Å². The van der Waals surface area contributed by atoms with Gasteiger partial charge in [-0.15, -0.1) is 0 Å². The van der Waals surface area contributed by atoms with Gasteiger partial charge in [-0.05, 0) is 58.5 Å². The maximum absolute atomic E-state index is 12.2. The van der Waals surface area contributed by atoms with Crippen LogP contribution in [0.2, 0.25) is 5.02 Å². The Bertz CT molecular complexity index is 1320. The maximum atomic E-state index is 12.2. The van der Waals surface area contributed by atoms with Gasteiger partial charge < -0.3 is 35.5 Å². The lowest BCUT2D eigenvalue weighted by Crippen LogP contribution is -2.39. The zero-order valence-electron chi connectivity index (χ0n) is 21.8. The third-order valence-electron chi connectivity index (χ3n) is 6.71. The van der Waals surface area contributed by atoms with Gasteiger partial charge in [0.25, 0.3) is 0 Å². The average molecular weight is 545 g/mol. The van der Waals surface area contributed by atoms with E-state index in [0.29, 0.717) is 40.8 Å². The van der Waals surface area contributed by atoms with Gasteiger partial charge >= 0.3 is 6.03 Å². The molecule has 0 unspecified atom stereocenters. The lowest BCUT2D eigenvalue weighted by atomic mass is 10.1. The summed E-state index contributed by atoms with van der Waals surface area (Å²) in [6, 6.07) is 5.15. The molecule has 2 aliphatic rings. The number of nitrogens with two attached hydrogens (primary N) is 1. The number of benzene rings is 1. The van der Waals surface area contributed by atoms with Gasteiger partial charge in [0.2, 0.25) is 0 Å². The van der Waals surface area contributed by atoms with E-state index in [1.54, 1.807) is 12.4 Å². The largest absolute Gasteiger partial charge is 0.382 e. The number of aryl methyl sites for hydroxylation is 1. The number of nitrogens with one attached hydrogen (secondary N) is 2. The first-order valence-corrected chi connectivity index (χ1v) is 12.9. The minimum absolute atomic E-state index is 0.240. The van der Waals surface area contributed by atoms with Gasteiger partial charge in [-0.2, -0.15) is 0 Å². The van der Waals surface area contributed by atoms with Crippen LogP contribution in [0, 0.1) is 6.92 Å². The maximum Gasteiger partial charge on any atom is 0.319 e. The molecule has 204 valence electrons. The van der Waals surface area contributed by atoms with Gasteiger partial charge in [-0.25, -0.2) is 19.7 Å². The second-order valence-corrected chi connectivity index (χ2v) is 10.6. The fourth-order valence-electron chi connectivity index (χ4n) is 4.88.